The number of rotatable bonds is 0. The van der Waals surface area contributed by atoms with Crippen molar-refractivity contribution in [3.8, 4) is 5.75 Å². The standard InChI is InChI=1S/C8H6NO/c1-2-4-8-7(3-1)5-6-9-10-8/h1-4,6,9H. The minimum absolute atomic E-state index is 0.824. The van der Waals surface area contributed by atoms with Gasteiger partial charge in [0.15, 0.2) is 5.75 Å². The summed E-state index contributed by atoms with van der Waals surface area (Å²) in [5, 5.41) is 0. The molecule has 1 heterocycles. The van der Waals surface area contributed by atoms with Crippen LogP contribution in [0.2, 0.25) is 0 Å². The Balaban J connectivity index is 2.54. The van der Waals surface area contributed by atoms with Crippen LogP contribution >= 0.6 is 0 Å². The molecule has 2 rings (SSSR count). The predicted molar refractivity (Wildman–Crippen MR) is 37.1 cm³/mol. The average Bonchev–Trinajstić information content (AvgIpc) is 2.05. The third-order valence-electron chi connectivity index (χ3n) is 1.34. The quantitative estimate of drug-likeness (QED) is 0.573. The van der Waals surface area contributed by atoms with Crippen molar-refractivity contribution in [1.82, 2.24) is 5.48 Å². The highest BCUT2D eigenvalue weighted by molar-refractivity contribution is 5.38. The second kappa shape index (κ2) is 2.06. The molecule has 0 fully saturated rings. The summed E-state index contributed by atoms with van der Waals surface area (Å²) >= 11 is 0. The van der Waals surface area contributed by atoms with Gasteiger partial charge in [-0.25, -0.2) is 5.48 Å². The van der Waals surface area contributed by atoms with Crippen LogP contribution in [-0.2, 0) is 0 Å². The number of benzene rings is 1. The fraction of sp³-hybridized carbons (Fsp3) is 0. The number of fused-ring (bicyclic) bond motifs is 1. The monoisotopic (exact) mass is 132 g/mol. The second-order valence-electron chi connectivity index (χ2n) is 2.00. The molecule has 0 atom stereocenters. The Kier molecular flexibility index (Phi) is 1.10. The highest BCUT2D eigenvalue weighted by Gasteiger charge is 2.01. The zero-order valence-electron chi connectivity index (χ0n) is 5.29. The molecule has 2 nitrogen and oxygen atoms in total. The number of hydrogen-bond acceptors (Lipinski definition) is 2. The van der Waals surface area contributed by atoms with E-state index in [0.717, 1.165) is 11.3 Å². The summed E-state index contributed by atoms with van der Waals surface area (Å²) in [5.41, 5.74) is 3.59. The van der Waals surface area contributed by atoms with Gasteiger partial charge in [0.25, 0.3) is 0 Å². The summed E-state index contributed by atoms with van der Waals surface area (Å²) < 4.78 is 0. The SMILES string of the molecule is [C]1=CNOc2ccccc21. The van der Waals surface area contributed by atoms with E-state index in [4.69, 9.17) is 4.84 Å². The van der Waals surface area contributed by atoms with Crippen LogP contribution in [0.5, 0.6) is 5.75 Å². The van der Waals surface area contributed by atoms with E-state index in [1.165, 1.54) is 0 Å². The maximum absolute atomic E-state index is 5.06. The largest absolute Gasteiger partial charge is 0.382 e. The van der Waals surface area contributed by atoms with Crippen LogP contribution in [0.15, 0.2) is 30.5 Å². The van der Waals surface area contributed by atoms with Crippen LogP contribution in [-0.4, -0.2) is 0 Å². The summed E-state index contributed by atoms with van der Waals surface area (Å²) in [7, 11) is 0. The van der Waals surface area contributed by atoms with Gasteiger partial charge < -0.3 is 4.84 Å². The van der Waals surface area contributed by atoms with Gasteiger partial charge in [-0.2, -0.15) is 0 Å². The van der Waals surface area contributed by atoms with E-state index in [9.17, 15) is 0 Å². The van der Waals surface area contributed by atoms with E-state index in [2.05, 4.69) is 11.6 Å². The Morgan fingerprint density at radius 1 is 1.30 bits per heavy atom. The molecular formula is C8H6NO. The zero-order chi connectivity index (χ0) is 6.81. The fourth-order valence-corrected chi connectivity index (χ4v) is 0.875. The molecule has 10 heavy (non-hydrogen) atoms. The van der Waals surface area contributed by atoms with Gasteiger partial charge in [-0.1, -0.05) is 18.2 Å². The first-order chi connectivity index (χ1) is 4.97. The van der Waals surface area contributed by atoms with E-state index in [0.29, 0.717) is 0 Å². The summed E-state index contributed by atoms with van der Waals surface area (Å²) in [6.07, 6.45) is 4.64. The van der Waals surface area contributed by atoms with Crippen LogP contribution < -0.4 is 10.3 Å². The van der Waals surface area contributed by atoms with Crippen molar-refractivity contribution in [1.29, 1.82) is 0 Å². The maximum atomic E-state index is 5.06. The van der Waals surface area contributed by atoms with Gasteiger partial charge >= 0.3 is 0 Å². The van der Waals surface area contributed by atoms with Gasteiger partial charge in [-0.05, 0) is 6.07 Å². The molecule has 1 aliphatic heterocycles. The Hall–Kier alpha value is -1.44. The van der Waals surface area contributed by atoms with Crippen LogP contribution in [0.25, 0.3) is 0 Å². The lowest BCUT2D eigenvalue weighted by Crippen LogP contribution is -2.14. The van der Waals surface area contributed by atoms with Crippen molar-refractivity contribution in [2.75, 3.05) is 0 Å². The van der Waals surface area contributed by atoms with Gasteiger partial charge in [0.05, 0.1) is 0 Å². The highest BCUT2D eigenvalue weighted by Crippen LogP contribution is 2.18. The molecule has 0 amide bonds. The Morgan fingerprint density at radius 3 is 3.10 bits per heavy atom. The number of para-hydroxylation sites is 1. The second-order valence-corrected chi connectivity index (χ2v) is 2.00. The maximum Gasteiger partial charge on any atom is 0.162 e. The molecular weight excluding hydrogens is 126 g/mol. The minimum Gasteiger partial charge on any atom is -0.382 e. The van der Waals surface area contributed by atoms with Crippen molar-refractivity contribution in [3.05, 3.63) is 42.1 Å². The third-order valence-corrected chi connectivity index (χ3v) is 1.34. The first kappa shape index (κ1) is 5.35. The lowest BCUT2D eigenvalue weighted by Gasteiger charge is -2.10. The molecule has 0 spiro atoms. The van der Waals surface area contributed by atoms with Crippen LogP contribution in [0, 0.1) is 6.08 Å². The molecule has 1 radical (unpaired) electrons. The lowest BCUT2D eigenvalue weighted by molar-refractivity contribution is 0.235. The van der Waals surface area contributed by atoms with Gasteiger partial charge in [0.2, 0.25) is 0 Å². The van der Waals surface area contributed by atoms with E-state index < -0.39 is 0 Å². The van der Waals surface area contributed by atoms with Crippen molar-refractivity contribution in [3.63, 3.8) is 0 Å². The average molecular weight is 132 g/mol. The minimum atomic E-state index is 0.824. The predicted octanol–water partition coefficient (Wildman–Crippen LogP) is 1.25. The van der Waals surface area contributed by atoms with Gasteiger partial charge in [-0.3, -0.25) is 0 Å². The highest BCUT2D eigenvalue weighted by atomic mass is 16.6. The van der Waals surface area contributed by atoms with E-state index >= 15 is 0 Å². The summed E-state index contributed by atoms with van der Waals surface area (Å²) in [6.45, 7) is 0. The van der Waals surface area contributed by atoms with Crippen LogP contribution in [0.3, 0.4) is 0 Å². The third kappa shape index (κ3) is 0.739. The number of hydroxylamine groups is 1. The first-order valence-electron chi connectivity index (χ1n) is 3.06. The van der Waals surface area contributed by atoms with E-state index in [-0.39, 0.29) is 0 Å². The van der Waals surface area contributed by atoms with Crippen molar-refractivity contribution >= 4 is 0 Å². The number of nitrogens with one attached hydrogen (secondary N) is 1. The van der Waals surface area contributed by atoms with Crippen LogP contribution in [0.4, 0.5) is 0 Å². The molecule has 1 aromatic rings. The molecule has 1 N–H and O–H groups in total. The molecule has 2 heteroatoms. The van der Waals surface area contributed by atoms with E-state index in [1.54, 1.807) is 6.20 Å². The summed E-state index contributed by atoms with van der Waals surface area (Å²) in [4.78, 5) is 5.06. The van der Waals surface area contributed by atoms with Crippen molar-refractivity contribution in [2.24, 2.45) is 0 Å². The smallest absolute Gasteiger partial charge is 0.162 e. The fourth-order valence-electron chi connectivity index (χ4n) is 0.875. The molecule has 1 aliphatic rings. The Bertz CT molecular complexity index is 268. The zero-order valence-corrected chi connectivity index (χ0v) is 5.29. The molecule has 0 aliphatic carbocycles. The molecule has 49 valence electrons. The van der Waals surface area contributed by atoms with Gasteiger partial charge in [-0.15, -0.1) is 0 Å². The van der Waals surface area contributed by atoms with Gasteiger partial charge in [0, 0.05) is 17.8 Å². The summed E-state index contributed by atoms with van der Waals surface area (Å²) in [5.74, 6) is 0.824. The molecule has 1 aromatic carbocycles. The normalized spacial score (nSPS) is 13.2. The van der Waals surface area contributed by atoms with Crippen molar-refractivity contribution in [2.45, 2.75) is 0 Å². The molecule has 0 aromatic heterocycles. The summed E-state index contributed by atoms with van der Waals surface area (Å²) in [6, 6.07) is 7.72. The van der Waals surface area contributed by atoms with Crippen molar-refractivity contribution < 1.29 is 4.84 Å². The molecule has 0 saturated heterocycles. The van der Waals surface area contributed by atoms with Crippen LogP contribution in [0.1, 0.15) is 5.56 Å². The molecule has 0 unspecified atom stereocenters. The number of hydrogen-bond donors (Lipinski definition) is 1. The lowest BCUT2D eigenvalue weighted by atomic mass is 10.2. The van der Waals surface area contributed by atoms with Gasteiger partial charge in [0.1, 0.15) is 0 Å². The Morgan fingerprint density at radius 2 is 2.20 bits per heavy atom. The van der Waals surface area contributed by atoms with E-state index in [1.807, 2.05) is 24.3 Å². The topological polar surface area (TPSA) is 21.3 Å². The first-order valence-corrected chi connectivity index (χ1v) is 3.06. The Labute approximate surface area is 59.1 Å². The molecule has 0 bridgehead atoms. The molecule has 0 saturated carbocycles.